The molecule has 0 fully saturated rings. The predicted octanol–water partition coefficient (Wildman–Crippen LogP) is 1.87. The molecule has 196 valence electrons. The van der Waals surface area contributed by atoms with Gasteiger partial charge in [-0.25, -0.2) is 24.5 Å². The van der Waals surface area contributed by atoms with Crippen molar-refractivity contribution in [2.24, 2.45) is 10.7 Å². The molecule has 1 rings (SSSR count). The molecule has 0 saturated carbocycles. The molecule has 17 heteroatoms. The van der Waals surface area contributed by atoms with Crippen LogP contribution in [0.4, 0.5) is 32.2 Å². The number of nitrogens with one attached hydrogen (secondary N) is 2. The smallest absolute Gasteiger partial charge is 0.408 e. The van der Waals surface area contributed by atoms with Crippen molar-refractivity contribution in [1.29, 1.82) is 0 Å². The number of nitrogens with zero attached hydrogens (tertiary/aromatic N) is 3. The zero-order valence-corrected chi connectivity index (χ0v) is 17.9. The lowest BCUT2D eigenvalue weighted by atomic mass is 10.2. The lowest BCUT2D eigenvalue weighted by Gasteiger charge is -2.08. The third kappa shape index (κ3) is 20.4. The number of carboxylic acid groups (broad SMARTS) is 2. The normalized spacial score (nSPS) is 12.0. The fraction of sp³-hybridized carbons (Fsp3) is 0.444. The molecule has 35 heavy (non-hydrogen) atoms. The number of aryl methyl sites for hydroxylation is 1. The number of anilines is 1. The van der Waals surface area contributed by atoms with Gasteiger partial charge in [0.1, 0.15) is 24.7 Å². The maximum Gasteiger partial charge on any atom is 0.408 e. The second-order valence-corrected chi connectivity index (χ2v) is 6.41. The molecule has 0 aliphatic carbocycles. The van der Waals surface area contributed by atoms with Gasteiger partial charge in [0.2, 0.25) is 5.91 Å². The van der Waals surface area contributed by atoms with E-state index in [1.54, 1.807) is 5.32 Å². The summed E-state index contributed by atoms with van der Waals surface area (Å²) >= 11 is 0. The SMILES string of the molecule is NC(=NCC(F)(F)F)Nc1ccnc(CCCCC(=O)NCC(F)(F)F)n1.O=C(O)C=CC(=O)O. The molecule has 0 aliphatic heterocycles. The van der Waals surface area contributed by atoms with Crippen LogP contribution in [0.5, 0.6) is 0 Å². The molecule has 0 saturated heterocycles. The Morgan fingerprint density at radius 2 is 1.63 bits per heavy atom. The molecule has 0 unspecified atom stereocenters. The van der Waals surface area contributed by atoms with Crippen molar-refractivity contribution < 1.29 is 50.9 Å². The molecule has 0 spiro atoms. The van der Waals surface area contributed by atoms with Crippen LogP contribution in [-0.4, -0.2) is 69.4 Å². The third-order valence-corrected chi connectivity index (χ3v) is 3.30. The molecule has 6 N–H and O–H groups in total. The van der Waals surface area contributed by atoms with Gasteiger partial charge in [-0.05, 0) is 18.9 Å². The summed E-state index contributed by atoms with van der Waals surface area (Å²) in [6, 6.07) is 1.38. The van der Waals surface area contributed by atoms with Gasteiger partial charge in [0.05, 0.1) is 0 Å². The Kier molecular flexibility index (Phi) is 13.4. The van der Waals surface area contributed by atoms with Crippen molar-refractivity contribution in [3.63, 3.8) is 0 Å². The van der Waals surface area contributed by atoms with E-state index in [9.17, 15) is 40.7 Å². The van der Waals surface area contributed by atoms with Crippen molar-refractivity contribution in [3.05, 3.63) is 30.2 Å². The van der Waals surface area contributed by atoms with Gasteiger partial charge < -0.3 is 26.6 Å². The number of unbranched alkanes of at least 4 members (excludes halogenated alkanes) is 1. The van der Waals surface area contributed by atoms with E-state index >= 15 is 0 Å². The van der Waals surface area contributed by atoms with Gasteiger partial charge in [-0.3, -0.25) is 4.79 Å². The number of carbonyl (C=O) groups excluding carboxylic acids is 1. The highest BCUT2D eigenvalue weighted by molar-refractivity contribution is 5.91. The largest absolute Gasteiger partial charge is 0.478 e. The highest BCUT2D eigenvalue weighted by atomic mass is 19.4. The summed E-state index contributed by atoms with van der Waals surface area (Å²) in [6.07, 6.45) is -5.46. The summed E-state index contributed by atoms with van der Waals surface area (Å²) in [7, 11) is 0. The fourth-order valence-corrected chi connectivity index (χ4v) is 1.93. The summed E-state index contributed by atoms with van der Waals surface area (Å²) in [5, 5.41) is 19.8. The lowest BCUT2D eigenvalue weighted by molar-refractivity contribution is -0.138. The summed E-state index contributed by atoms with van der Waals surface area (Å²) in [4.78, 5) is 41.5. The Morgan fingerprint density at radius 3 is 2.14 bits per heavy atom. The van der Waals surface area contributed by atoms with Crippen LogP contribution in [0.2, 0.25) is 0 Å². The molecule has 1 aromatic rings. The molecule has 0 radical (unpaired) electrons. The molecule has 0 aliphatic rings. The quantitative estimate of drug-likeness (QED) is 0.102. The third-order valence-electron chi connectivity index (χ3n) is 3.30. The maximum absolute atomic E-state index is 12.1. The van der Waals surface area contributed by atoms with Crippen LogP contribution in [0, 0.1) is 0 Å². The van der Waals surface area contributed by atoms with Crippen molar-refractivity contribution in [2.45, 2.75) is 38.0 Å². The van der Waals surface area contributed by atoms with Crippen LogP contribution in [0.1, 0.15) is 25.1 Å². The van der Waals surface area contributed by atoms with Crippen molar-refractivity contribution >= 4 is 29.6 Å². The summed E-state index contributed by atoms with van der Waals surface area (Å²) in [5.41, 5.74) is 5.33. The molecule has 0 aromatic carbocycles. The number of carbonyl (C=O) groups is 3. The molecule has 0 bridgehead atoms. The number of amides is 1. The zero-order chi connectivity index (χ0) is 27.1. The number of nitrogens with two attached hydrogens (primary N) is 1. The standard InChI is InChI=1S/C14H18F6N6O.C4H4O4/c15-13(16,17)7-23-11(27)4-2-1-3-9-22-6-5-10(25-9)26-12(21)24-8-14(18,19)20;5-3(6)1-2-4(7)8/h5-6H,1-4,7-8H2,(H,23,27)(H3,21,22,24,25,26);1-2H,(H,5,6)(H,7,8). The second kappa shape index (κ2) is 15.1. The van der Waals surface area contributed by atoms with E-state index < -0.39 is 49.2 Å². The average Bonchev–Trinajstić information content (AvgIpc) is 2.72. The number of aliphatic imine (C=N–C) groups is 1. The number of hydrogen-bond donors (Lipinski definition) is 5. The number of carboxylic acids is 2. The first-order valence-corrected chi connectivity index (χ1v) is 9.50. The highest BCUT2D eigenvalue weighted by Crippen LogP contribution is 2.14. The van der Waals surface area contributed by atoms with Gasteiger partial charge in [-0.2, -0.15) is 26.3 Å². The van der Waals surface area contributed by atoms with E-state index in [-0.39, 0.29) is 12.2 Å². The summed E-state index contributed by atoms with van der Waals surface area (Å²) < 4.78 is 72.0. The Hall–Kier alpha value is -3.92. The monoisotopic (exact) mass is 516 g/mol. The van der Waals surface area contributed by atoms with Gasteiger partial charge in [0.25, 0.3) is 0 Å². The van der Waals surface area contributed by atoms with E-state index in [0.717, 1.165) is 0 Å². The molecule has 1 heterocycles. The molecule has 0 atom stereocenters. The maximum atomic E-state index is 12.1. The highest BCUT2D eigenvalue weighted by Gasteiger charge is 2.27. The van der Waals surface area contributed by atoms with Crippen LogP contribution >= 0.6 is 0 Å². The van der Waals surface area contributed by atoms with Crippen LogP contribution in [0.15, 0.2) is 29.4 Å². The predicted molar refractivity (Wildman–Crippen MR) is 109 cm³/mol. The molecular formula is C18H22F6N6O5. The topological polar surface area (TPSA) is 180 Å². The first kappa shape index (κ1) is 31.1. The number of hydrogen-bond acceptors (Lipinski definition) is 6. The molecular weight excluding hydrogens is 494 g/mol. The Labute approximate surface area is 194 Å². The number of alkyl halides is 6. The van der Waals surface area contributed by atoms with Crippen LogP contribution in [0.3, 0.4) is 0 Å². The molecule has 11 nitrogen and oxygen atoms in total. The number of halogens is 6. The summed E-state index contributed by atoms with van der Waals surface area (Å²) in [6.45, 7) is -2.81. The average molecular weight is 516 g/mol. The van der Waals surface area contributed by atoms with E-state index in [1.165, 1.54) is 12.3 Å². The van der Waals surface area contributed by atoms with E-state index in [2.05, 4.69) is 20.3 Å². The minimum atomic E-state index is -4.48. The first-order chi connectivity index (χ1) is 16.1. The second-order valence-electron chi connectivity index (χ2n) is 6.41. The van der Waals surface area contributed by atoms with E-state index in [0.29, 0.717) is 37.2 Å². The van der Waals surface area contributed by atoms with Crippen molar-refractivity contribution in [1.82, 2.24) is 15.3 Å². The number of rotatable bonds is 10. The number of guanidine groups is 1. The summed E-state index contributed by atoms with van der Waals surface area (Å²) in [5.74, 6) is -3.21. The Balaban J connectivity index is 0.00000124. The van der Waals surface area contributed by atoms with Gasteiger partial charge >= 0.3 is 24.3 Å². The van der Waals surface area contributed by atoms with Crippen LogP contribution in [-0.2, 0) is 20.8 Å². The molecule has 1 aromatic heterocycles. The van der Waals surface area contributed by atoms with Crippen molar-refractivity contribution in [3.8, 4) is 0 Å². The minimum absolute atomic E-state index is 0.0783. The number of aromatic nitrogens is 2. The van der Waals surface area contributed by atoms with Gasteiger partial charge in [0, 0.05) is 31.2 Å². The number of aliphatic carboxylic acids is 2. The lowest BCUT2D eigenvalue weighted by Crippen LogP contribution is -2.33. The van der Waals surface area contributed by atoms with Crippen LogP contribution in [0.25, 0.3) is 0 Å². The van der Waals surface area contributed by atoms with Crippen molar-refractivity contribution in [2.75, 3.05) is 18.4 Å². The van der Waals surface area contributed by atoms with Gasteiger partial charge in [-0.1, -0.05) is 0 Å². The Morgan fingerprint density at radius 1 is 1.03 bits per heavy atom. The zero-order valence-electron chi connectivity index (χ0n) is 17.9. The molecule has 1 amide bonds. The fourth-order valence-electron chi connectivity index (χ4n) is 1.93. The van der Waals surface area contributed by atoms with Gasteiger partial charge in [0.15, 0.2) is 5.96 Å². The van der Waals surface area contributed by atoms with Gasteiger partial charge in [-0.15, -0.1) is 0 Å². The minimum Gasteiger partial charge on any atom is -0.478 e. The van der Waals surface area contributed by atoms with Crippen LogP contribution < -0.4 is 16.4 Å². The Bertz CT molecular complexity index is 889. The van der Waals surface area contributed by atoms with E-state index in [4.69, 9.17) is 15.9 Å². The van der Waals surface area contributed by atoms with E-state index in [1.807, 2.05) is 0 Å². The first-order valence-electron chi connectivity index (χ1n) is 9.50.